The molecule has 2 nitrogen and oxygen atoms in total. The third kappa shape index (κ3) is 2.61. The highest BCUT2D eigenvalue weighted by Gasteiger charge is 2.03. The molecule has 0 spiro atoms. The van der Waals surface area contributed by atoms with E-state index in [4.69, 9.17) is 0 Å². The topological polar surface area (TPSA) is 34.1 Å². The van der Waals surface area contributed by atoms with Gasteiger partial charge in [-0.25, -0.2) is 0 Å². The third-order valence-electron chi connectivity index (χ3n) is 2.67. The summed E-state index contributed by atoms with van der Waals surface area (Å²) in [5.41, 5.74) is 2.64. The Morgan fingerprint density at radius 1 is 0.667 bits per heavy atom. The highest BCUT2D eigenvalue weighted by atomic mass is 16.1. The van der Waals surface area contributed by atoms with E-state index in [1.807, 2.05) is 48.6 Å². The maximum Gasteiger partial charge on any atom is 0.151 e. The molecule has 0 unspecified atom stereocenters. The van der Waals surface area contributed by atoms with Crippen LogP contribution < -0.4 is 0 Å². The van der Waals surface area contributed by atoms with E-state index in [1.54, 1.807) is 12.1 Å². The van der Waals surface area contributed by atoms with E-state index in [9.17, 15) is 9.59 Å². The lowest BCUT2D eigenvalue weighted by atomic mass is 10.0. The van der Waals surface area contributed by atoms with Gasteiger partial charge in [0.05, 0.1) is 0 Å². The molecule has 2 rings (SSSR count). The van der Waals surface area contributed by atoms with Crippen molar-refractivity contribution >= 4 is 24.7 Å². The molecule has 2 aromatic carbocycles. The highest BCUT2D eigenvalue weighted by Crippen LogP contribution is 2.15. The molecule has 18 heavy (non-hydrogen) atoms. The van der Waals surface area contributed by atoms with Crippen LogP contribution in [0.25, 0.3) is 12.2 Å². The molecule has 2 aromatic rings. The lowest BCUT2D eigenvalue weighted by Crippen LogP contribution is -1.93. The minimum atomic E-state index is 0.417. The fourth-order valence-corrected chi connectivity index (χ4v) is 1.74. The van der Waals surface area contributed by atoms with Crippen molar-refractivity contribution in [3.63, 3.8) is 0 Å². The SMILES string of the molecule is O=Cc1cccc(C=Cc2ccccc2)c1C=O. The Bertz CT molecular complexity index is 583. The standard InChI is InChI=1S/C16H12O2/c17-11-15-8-4-7-14(16(15)12-18)10-9-13-5-2-1-3-6-13/h1-12H. The fourth-order valence-electron chi connectivity index (χ4n) is 1.74. The van der Waals surface area contributed by atoms with Crippen LogP contribution in [0.5, 0.6) is 0 Å². The smallest absolute Gasteiger partial charge is 0.151 e. The second-order valence-electron chi connectivity index (χ2n) is 3.83. The fraction of sp³-hybridized carbons (Fsp3) is 0. The molecule has 0 bridgehead atoms. The molecule has 0 atom stereocenters. The molecule has 0 aliphatic heterocycles. The molecule has 0 heterocycles. The maximum atomic E-state index is 11.0. The van der Waals surface area contributed by atoms with Crippen LogP contribution in [0, 0.1) is 0 Å². The van der Waals surface area contributed by atoms with E-state index in [0.717, 1.165) is 11.1 Å². The van der Waals surface area contributed by atoms with Gasteiger partial charge in [-0.2, -0.15) is 0 Å². The lowest BCUT2D eigenvalue weighted by Gasteiger charge is -2.01. The Hall–Kier alpha value is -2.48. The zero-order valence-corrected chi connectivity index (χ0v) is 9.74. The van der Waals surface area contributed by atoms with Crippen molar-refractivity contribution < 1.29 is 9.59 Å². The molecule has 2 heteroatoms. The predicted molar refractivity (Wildman–Crippen MR) is 72.6 cm³/mol. The number of hydrogen-bond donors (Lipinski definition) is 0. The summed E-state index contributed by atoms with van der Waals surface area (Å²) in [5.74, 6) is 0. The molecule has 0 radical (unpaired) electrons. The molecule has 0 aromatic heterocycles. The summed E-state index contributed by atoms with van der Waals surface area (Å²) >= 11 is 0. The summed E-state index contributed by atoms with van der Waals surface area (Å²) in [6.45, 7) is 0. The first-order valence-corrected chi connectivity index (χ1v) is 5.61. The second-order valence-corrected chi connectivity index (χ2v) is 3.83. The zero-order chi connectivity index (χ0) is 12.8. The van der Waals surface area contributed by atoms with Crippen LogP contribution in [-0.4, -0.2) is 12.6 Å². The number of aldehydes is 2. The average Bonchev–Trinajstić information content (AvgIpc) is 2.45. The van der Waals surface area contributed by atoms with Gasteiger partial charge in [0.25, 0.3) is 0 Å². The van der Waals surface area contributed by atoms with Crippen LogP contribution in [0.15, 0.2) is 48.5 Å². The zero-order valence-electron chi connectivity index (χ0n) is 9.74. The molecule has 0 aliphatic carbocycles. The number of rotatable bonds is 4. The molecule has 0 saturated heterocycles. The van der Waals surface area contributed by atoms with Gasteiger partial charge in [0.2, 0.25) is 0 Å². The molecule has 88 valence electrons. The van der Waals surface area contributed by atoms with E-state index in [0.29, 0.717) is 23.7 Å². The van der Waals surface area contributed by atoms with Crippen molar-refractivity contribution in [2.75, 3.05) is 0 Å². The van der Waals surface area contributed by atoms with E-state index in [2.05, 4.69) is 0 Å². The van der Waals surface area contributed by atoms with Crippen molar-refractivity contribution in [3.8, 4) is 0 Å². The van der Waals surface area contributed by atoms with Crippen LogP contribution in [-0.2, 0) is 0 Å². The molecule has 0 aliphatic rings. The maximum absolute atomic E-state index is 11.0. The van der Waals surface area contributed by atoms with Crippen molar-refractivity contribution in [2.24, 2.45) is 0 Å². The van der Waals surface area contributed by atoms with Gasteiger partial charge in [-0.05, 0) is 11.1 Å². The van der Waals surface area contributed by atoms with Gasteiger partial charge < -0.3 is 0 Å². The van der Waals surface area contributed by atoms with E-state index in [1.165, 1.54) is 0 Å². The van der Waals surface area contributed by atoms with Crippen LogP contribution >= 0.6 is 0 Å². The lowest BCUT2D eigenvalue weighted by molar-refractivity contribution is 0.109. The second kappa shape index (κ2) is 5.73. The van der Waals surface area contributed by atoms with E-state index < -0.39 is 0 Å². The predicted octanol–water partition coefficient (Wildman–Crippen LogP) is 3.48. The Morgan fingerprint density at radius 2 is 1.39 bits per heavy atom. The normalized spacial score (nSPS) is 10.4. The van der Waals surface area contributed by atoms with Gasteiger partial charge in [0.15, 0.2) is 12.6 Å². The van der Waals surface area contributed by atoms with Crippen molar-refractivity contribution in [1.29, 1.82) is 0 Å². The summed E-state index contributed by atoms with van der Waals surface area (Å²) in [7, 11) is 0. The summed E-state index contributed by atoms with van der Waals surface area (Å²) in [6.07, 6.45) is 5.17. The summed E-state index contributed by atoms with van der Waals surface area (Å²) < 4.78 is 0. The Labute approximate surface area is 106 Å². The number of carbonyl (C=O) groups excluding carboxylic acids is 2. The van der Waals surface area contributed by atoms with Gasteiger partial charge in [0.1, 0.15) is 0 Å². The first-order chi connectivity index (χ1) is 8.85. The van der Waals surface area contributed by atoms with Gasteiger partial charge in [0, 0.05) is 11.1 Å². The van der Waals surface area contributed by atoms with Crippen molar-refractivity contribution in [1.82, 2.24) is 0 Å². The molecule has 0 fully saturated rings. The van der Waals surface area contributed by atoms with Crippen molar-refractivity contribution in [3.05, 3.63) is 70.8 Å². The first-order valence-electron chi connectivity index (χ1n) is 5.61. The van der Waals surface area contributed by atoms with E-state index >= 15 is 0 Å². The number of hydrogen-bond acceptors (Lipinski definition) is 2. The largest absolute Gasteiger partial charge is 0.298 e. The van der Waals surface area contributed by atoms with Crippen LogP contribution in [0.1, 0.15) is 31.8 Å². The highest BCUT2D eigenvalue weighted by molar-refractivity contribution is 5.95. The van der Waals surface area contributed by atoms with Gasteiger partial charge in [-0.1, -0.05) is 60.7 Å². The summed E-state index contributed by atoms with van der Waals surface area (Å²) in [5, 5.41) is 0. The minimum absolute atomic E-state index is 0.417. The molecular formula is C16H12O2. The monoisotopic (exact) mass is 236 g/mol. The minimum Gasteiger partial charge on any atom is -0.298 e. The summed E-state index contributed by atoms with van der Waals surface area (Å²) in [6, 6.07) is 15.0. The Balaban J connectivity index is 2.38. The van der Waals surface area contributed by atoms with Gasteiger partial charge in [-0.15, -0.1) is 0 Å². The van der Waals surface area contributed by atoms with E-state index in [-0.39, 0.29) is 0 Å². The molecule has 0 amide bonds. The van der Waals surface area contributed by atoms with Crippen LogP contribution in [0.2, 0.25) is 0 Å². The van der Waals surface area contributed by atoms with Gasteiger partial charge >= 0.3 is 0 Å². The van der Waals surface area contributed by atoms with Crippen molar-refractivity contribution in [2.45, 2.75) is 0 Å². The quantitative estimate of drug-likeness (QED) is 0.601. The first kappa shape index (κ1) is 12.0. The number of benzene rings is 2. The Kier molecular flexibility index (Phi) is 3.82. The Morgan fingerprint density at radius 3 is 2.06 bits per heavy atom. The molecule has 0 N–H and O–H groups in total. The molecular weight excluding hydrogens is 224 g/mol. The average molecular weight is 236 g/mol. The summed E-state index contributed by atoms with van der Waals surface area (Å²) in [4.78, 5) is 21.9. The van der Waals surface area contributed by atoms with Crippen LogP contribution in [0.3, 0.4) is 0 Å². The van der Waals surface area contributed by atoms with Gasteiger partial charge in [-0.3, -0.25) is 9.59 Å². The third-order valence-corrected chi connectivity index (χ3v) is 2.67. The molecule has 0 saturated carbocycles. The van der Waals surface area contributed by atoms with Crippen LogP contribution in [0.4, 0.5) is 0 Å². The number of carbonyl (C=O) groups is 2.